The molecule has 2 N–H and O–H groups in total. The summed E-state index contributed by atoms with van der Waals surface area (Å²) in [6, 6.07) is 4.47. The lowest BCUT2D eigenvalue weighted by Crippen LogP contribution is -2.52. The molecule has 2 rings (SSSR count). The Morgan fingerprint density at radius 3 is 2.40 bits per heavy atom. The van der Waals surface area contributed by atoms with E-state index < -0.39 is 21.9 Å². The van der Waals surface area contributed by atoms with Gasteiger partial charge >= 0.3 is 0 Å². The standard InChI is InChI=1S/C11H13BrFN3O3S/c12-9-3-1-2-8(10(9)13)11(17)15-4-6-16(7-5-15)20(14,18)19/h1-3H,4-7H2,(H2,14,18,19). The van der Waals surface area contributed by atoms with Gasteiger partial charge in [0, 0.05) is 26.2 Å². The first kappa shape index (κ1) is 15.4. The van der Waals surface area contributed by atoms with Crippen molar-refractivity contribution < 1.29 is 17.6 Å². The van der Waals surface area contributed by atoms with Gasteiger partial charge in [-0.2, -0.15) is 12.7 Å². The van der Waals surface area contributed by atoms with Crippen molar-refractivity contribution in [3.63, 3.8) is 0 Å². The second-order valence-electron chi connectivity index (χ2n) is 4.34. The quantitative estimate of drug-likeness (QED) is 0.830. The van der Waals surface area contributed by atoms with E-state index in [9.17, 15) is 17.6 Å². The summed E-state index contributed by atoms with van der Waals surface area (Å²) >= 11 is 3.02. The summed E-state index contributed by atoms with van der Waals surface area (Å²) in [5, 5.41) is 5.02. The van der Waals surface area contributed by atoms with Gasteiger partial charge in [-0.25, -0.2) is 9.53 Å². The number of nitrogens with two attached hydrogens (primary N) is 1. The molecule has 0 aliphatic carbocycles. The van der Waals surface area contributed by atoms with Crippen LogP contribution < -0.4 is 5.14 Å². The Morgan fingerprint density at radius 2 is 1.85 bits per heavy atom. The maximum absolute atomic E-state index is 13.9. The minimum Gasteiger partial charge on any atom is -0.336 e. The van der Waals surface area contributed by atoms with Crippen LogP contribution in [0, 0.1) is 5.82 Å². The van der Waals surface area contributed by atoms with Gasteiger partial charge in [-0.05, 0) is 28.1 Å². The van der Waals surface area contributed by atoms with Crippen molar-refractivity contribution in [2.45, 2.75) is 0 Å². The van der Waals surface area contributed by atoms with Gasteiger partial charge in [-0.1, -0.05) is 6.07 Å². The van der Waals surface area contributed by atoms with E-state index in [1.54, 1.807) is 6.07 Å². The second-order valence-corrected chi connectivity index (χ2v) is 6.74. The fourth-order valence-corrected chi connectivity index (χ4v) is 3.02. The number of amides is 1. The lowest BCUT2D eigenvalue weighted by molar-refractivity contribution is 0.0693. The van der Waals surface area contributed by atoms with Crippen LogP contribution in [0.2, 0.25) is 0 Å². The highest BCUT2D eigenvalue weighted by atomic mass is 79.9. The summed E-state index contributed by atoms with van der Waals surface area (Å²) in [7, 11) is -3.74. The number of halogens is 2. The van der Waals surface area contributed by atoms with Gasteiger partial charge in [-0.15, -0.1) is 0 Å². The molecule has 1 aliphatic heterocycles. The zero-order valence-electron chi connectivity index (χ0n) is 10.4. The smallest absolute Gasteiger partial charge is 0.277 e. The maximum atomic E-state index is 13.9. The van der Waals surface area contributed by atoms with E-state index in [-0.39, 0.29) is 36.2 Å². The number of piperazine rings is 1. The van der Waals surface area contributed by atoms with Crippen LogP contribution >= 0.6 is 15.9 Å². The third-order valence-electron chi connectivity index (χ3n) is 3.07. The molecule has 0 radical (unpaired) electrons. The molecular formula is C11H13BrFN3O3S. The van der Waals surface area contributed by atoms with E-state index in [4.69, 9.17) is 5.14 Å². The molecule has 1 fully saturated rings. The van der Waals surface area contributed by atoms with Crippen molar-refractivity contribution in [2.24, 2.45) is 5.14 Å². The number of carbonyl (C=O) groups is 1. The van der Waals surface area contributed by atoms with Crippen molar-refractivity contribution in [1.82, 2.24) is 9.21 Å². The predicted octanol–water partition coefficient (Wildman–Crippen LogP) is 0.550. The van der Waals surface area contributed by atoms with Crippen molar-refractivity contribution in [1.29, 1.82) is 0 Å². The van der Waals surface area contributed by atoms with Crippen LogP contribution in [0.4, 0.5) is 4.39 Å². The minimum atomic E-state index is -3.74. The van der Waals surface area contributed by atoms with Gasteiger partial charge in [0.2, 0.25) is 0 Å². The van der Waals surface area contributed by atoms with Gasteiger partial charge in [0.25, 0.3) is 16.1 Å². The predicted molar refractivity (Wildman–Crippen MR) is 74.7 cm³/mol. The lowest BCUT2D eigenvalue weighted by atomic mass is 10.1. The summed E-state index contributed by atoms with van der Waals surface area (Å²) < 4.78 is 37.5. The van der Waals surface area contributed by atoms with E-state index in [0.29, 0.717) is 0 Å². The zero-order chi connectivity index (χ0) is 14.9. The number of rotatable bonds is 2. The first-order valence-electron chi connectivity index (χ1n) is 5.82. The van der Waals surface area contributed by atoms with Crippen molar-refractivity contribution in [3.8, 4) is 0 Å². The first-order valence-corrected chi connectivity index (χ1v) is 8.11. The molecule has 1 aromatic carbocycles. The fourth-order valence-electron chi connectivity index (χ4n) is 1.98. The van der Waals surface area contributed by atoms with Crippen LogP contribution in [0.5, 0.6) is 0 Å². The molecule has 1 aromatic rings. The maximum Gasteiger partial charge on any atom is 0.277 e. The molecule has 1 heterocycles. The molecule has 0 spiro atoms. The average molecular weight is 366 g/mol. The molecule has 0 aromatic heterocycles. The average Bonchev–Trinajstić information content (AvgIpc) is 2.40. The highest BCUT2D eigenvalue weighted by Gasteiger charge is 2.28. The Bertz CT molecular complexity index is 630. The molecule has 0 bridgehead atoms. The van der Waals surface area contributed by atoms with E-state index in [0.717, 1.165) is 4.31 Å². The van der Waals surface area contributed by atoms with Crippen LogP contribution in [0.3, 0.4) is 0 Å². The fraction of sp³-hybridized carbons (Fsp3) is 0.364. The highest BCUT2D eigenvalue weighted by Crippen LogP contribution is 2.20. The first-order chi connectivity index (χ1) is 9.30. The summed E-state index contributed by atoms with van der Waals surface area (Å²) in [5.41, 5.74) is -0.0385. The SMILES string of the molecule is NS(=O)(=O)N1CCN(C(=O)c2cccc(Br)c2F)CC1. The molecular weight excluding hydrogens is 353 g/mol. The van der Waals surface area contributed by atoms with Gasteiger partial charge in [-0.3, -0.25) is 4.79 Å². The monoisotopic (exact) mass is 365 g/mol. The van der Waals surface area contributed by atoms with Gasteiger partial charge in [0.05, 0.1) is 10.0 Å². The van der Waals surface area contributed by atoms with E-state index in [1.165, 1.54) is 17.0 Å². The van der Waals surface area contributed by atoms with E-state index in [1.807, 2.05) is 0 Å². The largest absolute Gasteiger partial charge is 0.336 e. The van der Waals surface area contributed by atoms with Crippen LogP contribution in [0.1, 0.15) is 10.4 Å². The number of nitrogens with zero attached hydrogens (tertiary/aromatic N) is 2. The van der Waals surface area contributed by atoms with Crippen LogP contribution in [0.25, 0.3) is 0 Å². The third kappa shape index (κ3) is 3.17. The van der Waals surface area contributed by atoms with Crippen LogP contribution in [-0.4, -0.2) is 49.7 Å². The van der Waals surface area contributed by atoms with Gasteiger partial charge in [0.15, 0.2) is 0 Å². The Labute approximate surface area is 124 Å². The molecule has 1 saturated heterocycles. The summed E-state index contributed by atoms with van der Waals surface area (Å²) in [6.07, 6.45) is 0. The third-order valence-corrected chi connectivity index (χ3v) is 4.77. The molecule has 20 heavy (non-hydrogen) atoms. The lowest BCUT2D eigenvalue weighted by Gasteiger charge is -2.33. The van der Waals surface area contributed by atoms with Crippen LogP contribution in [0.15, 0.2) is 22.7 Å². The van der Waals surface area contributed by atoms with Crippen LogP contribution in [-0.2, 0) is 10.2 Å². The molecule has 6 nitrogen and oxygen atoms in total. The molecule has 0 unspecified atom stereocenters. The molecule has 1 amide bonds. The molecule has 0 saturated carbocycles. The Morgan fingerprint density at radius 1 is 1.25 bits per heavy atom. The Balaban J connectivity index is 2.11. The normalized spacial score (nSPS) is 17.2. The topological polar surface area (TPSA) is 83.7 Å². The van der Waals surface area contributed by atoms with Gasteiger partial charge < -0.3 is 4.90 Å². The van der Waals surface area contributed by atoms with Gasteiger partial charge in [0.1, 0.15) is 5.82 Å². The zero-order valence-corrected chi connectivity index (χ0v) is 12.8. The molecule has 110 valence electrons. The van der Waals surface area contributed by atoms with Crippen molar-refractivity contribution in [3.05, 3.63) is 34.1 Å². The number of hydrogen-bond acceptors (Lipinski definition) is 3. The number of hydrogen-bond donors (Lipinski definition) is 1. The minimum absolute atomic E-state index is 0.0385. The summed E-state index contributed by atoms with van der Waals surface area (Å²) in [5.74, 6) is -1.08. The summed E-state index contributed by atoms with van der Waals surface area (Å²) in [6.45, 7) is 0.586. The molecule has 0 atom stereocenters. The second kappa shape index (κ2) is 5.76. The molecule has 9 heteroatoms. The van der Waals surface area contributed by atoms with E-state index in [2.05, 4.69) is 15.9 Å². The number of carbonyl (C=O) groups excluding carboxylic acids is 1. The summed E-state index contributed by atoms with van der Waals surface area (Å²) in [4.78, 5) is 13.6. The molecule has 1 aliphatic rings. The van der Waals surface area contributed by atoms with Crippen molar-refractivity contribution in [2.75, 3.05) is 26.2 Å². The highest BCUT2D eigenvalue weighted by molar-refractivity contribution is 9.10. The van der Waals surface area contributed by atoms with Crippen molar-refractivity contribution >= 4 is 32.0 Å². The number of benzene rings is 1. The Hall–Kier alpha value is -1.03. The Kier molecular flexibility index (Phi) is 4.43. The van der Waals surface area contributed by atoms with E-state index >= 15 is 0 Å².